The lowest BCUT2D eigenvalue weighted by Gasteiger charge is -2.06. The molecule has 0 aliphatic carbocycles. The Labute approximate surface area is 116 Å². The maximum Gasteiger partial charge on any atom is 0.251 e. The van der Waals surface area contributed by atoms with E-state index < -0.39 is 0 Å². The highest BCUT2D eigenvalue weighted by Gasteiger charge is 2.03. The maximum absolute atomic E-state index is 11.7. The van der Waals surface area contributed by atoms with Crippen molar-refractivity contribution >= 4 is 18.3 Å². The summed E-state index contributed by atoms with van der Waals surface area (Å²) in [6.45, 7) is 6.73. The van der Waals surface area contributed by atoms with Crippen molar-refractivity contribution in [1.29, 1.82) is 0 Å². The molecule has 0 heterocycles. The zero-order valence-electron chi connectivity index (χ0n) is 11.2. The van der Waals surface area contributed by atoms with Crippen LogP contribution in [-0.4, -0.2) is 25.5 Å². The van der Waals surface area contributed by atoms with Gasteiger partial charge in [0, 0.05) is 18.7 Å². The van der Waals surface area contributed by atoms with Crippen molar-refractivity contribution in [3.63, 3.8) is 0 Å². The number of hydrogen-bond donors (Lipinski definition) is 2. The van der Waals surface area contributed by atoms with Crippen molar-refractivity contribution in [2.75, 3.05) is 19.6 Å². The summed E-state index contributed by atoms with van der Waals surface area (Å²) in [5.74, 6) is 0.00551. The van der Waals surface area contributed by atoms with Crippen LogP contribution in [0.3, 0.4) is 0 Å². The van der Waals surface area contributed by atoms with Crippen LogP contribution >= 0.6 is 12.4 Å². The van der Waals surface area contributed by atoms with Gasteiger partial charge in [0.15, 0.2) is 0 Å². The number of nitrogens with one attached hydrogen (secondary N) is 2. The third-order valence-electron chi connectivity index (χ3n) is 2.64. The molecule has 0 saturated heterocycles. The Kier molecular flexibility index (Phi) is 9.33. The number of benzene rings is 1. The lowest BCUT2D eigenvalue weighted by atomic mass is 10.1. The van der Waals surface area contributed by atoms with Gasteiger partial charge in [-0.2, -0.15) is 0 Å². The fraction of sp³-hybridized carbons (Fsp3) is 0.500. The smallest absolute Gasteiger partial charge is 0.251 e. The van der Waals surface area contributed by atoms with Gasteiger partial charge < -0.3 is 10.6 Å². The Morgan fingerprint density at radius 3 is 2.28 bits per heavy atom. The summed E-state index contributed by atoms with van der Waals surface area (Å²) < 4.78 is 0. The van der Waals surface area contributed by atoms with Gasteiger partial charge in [-0.05, 0) is 37.1 Å². The van der Waals surface area contributed by atoms with E-state index in [0.29, 0.717) is 6.54 Å². The summed E-state index contributed by atoms with van der Waals surface area (Å²) in [7, 11) is 0. The summed E-state index contributed by atoms with van der Waals surface area (Å²) in [5.41, 5.74) is 1.99. The SMILES string of the molecule is CCCNCCNC(=O)c1ccc(CC)cc1.Cl. The molecule has 0 unspecified atom stereocenters. The fourth-order valence-corrected chi connectivity index (χ4v) is 1.56. The van der Waals surface area contributed by atoms with Gasteiger partial charge in [0.05, 0.1) is 0 Å². The third kappa shape index (κ3) is 6.03. The van der Waals surface area contributed by atoms with Gasteiger partial charge in [-0.1, -0.05) is 26.0 Å². The molecular weight excluding hydrogens is 248 g/mol. The topological polar surface area (TPSA) is 41.1 Å². The van der Waals surface area contributed by atoms with E-state index in [-0.39, 0.29) is 18.3 Å². The first kappa shape index (κ1) is 16.9. The maximum atomic E-state index is 11.7. The largest absolute Gasteiger partial charge is 0.351 e. The van der Waals surface area contributed by atoms with Gasteiger partial charge >= 0.3 is 0 Å². The van der Waals surface area contributed by atoms with Crippen molar-refractivity contribution in [3.8, 4) is 0 Å². The molecule has 3 nitrogen and oxygen atoms in total. The molecule has 1 aromatic carbocycles. The van der Waals surface area contributed by atoms with Crippen LogP contribution in [0.15, 0.2) is 24.3 Å². The molecule has 0 fully saturated rings. The molecule has 0 radical (unpaired) electrons. The lowest BCUT2D eigenvalue weighted by molar-refractivity contribution is 0.0954. The number of rotatable bonds is 7. The molecule has 1 aromatic rings. The highest BCUT2D eigenvalue weighted by Crippen LogP contribution is 2.04. The van der Waals surface area contributed by atoms with Gasteiger partial charge in [0.1, 0.15) is 0 Å². The van der Waals surface area contributed by atoms with Crippen molar-refractivity contribution < 1.29 is 4.79 Å². The molecule has 0 bridgehead atoms. The molecule has 2 N–H and O–H groups in total. The van der Waals surface area contributed by atoms with Crippen molar-refractivity contribution in [3.05, 3.63) is 35.4 Å². The molecule has 1 amide bonds. The van der Waals surface area contributed by atoms with Crippen molar-refractivity contribution in [2.24, 2.45) is 0 Å². The zero-order chi connectivity index (χ0) is 12.5. The Bertz CT molecular complexity index is 338. The first-order valence-electron chi connectivity index (χ1n) is 6.35. The van der Waals surface area contributed by atoms with Crippen LogP contribution in [0.5, 0.6) is 0 Å². The number of amides is 1. The van der Waals surface area contributed by atoms with Gasteiger partial charge in [0.2, 0.25) is 0 Å². The van der Waals surface area contributed by atoms with Crippen molar-refractivity contribution in [1.82, 2.24) is 10.6 Å². The predicted octanol–water partition coefficient (Wildman–Crippen LogP) is 2.40. The normalized spacial score (nSPS) is 9.67. The Balaban J connectivity index is 0.00000289. The summed E-state index contributed by atoms with van der Waals surface area (Å²) in [5, 5.41) is 6.14. The standard InChI is InChI=1S/C14H22N2O.ClH/c1-3-9-15-10-11-16-14(17)13-7-5-12(4-2)6-8-13;/h5-8,15H,3-4,9-11H2,1-2H3,(H,16,17);1H. The molecule has 0 spiro atoms. The minimum Gasteiger partial charge on any atom is -0.351 e. The molecule has 0 aliphatic rings. The van der Waals surface area contributed by atoms with E-state index in [2.05, 4.69) is 24.5 Å². The second-order valence-corrected chi connectivity index (χ2v) is 4.06. The number of aryl methyl sites for hydroxylation is 1. The van der Waals surface area contributed by atoms with E-state index in [4.69, 9.17) is 0 Å². The second kappa shape index (κ2) is 9.92. The van der Waals surface area contributed by atoms with E-state index >= 15 is 0 Å². The first-order chi connectivity index (χ1) is 8.27. The van der Waals surface area contributed by atoms with E-state index in [9.17, 15) is 4.79 Å². The van der Waals surface area contributed by atoms with Gasteiger partial charge in [-0.15, -0.1) is 12.4 Å². The molecule has 4 heteroatoms. The summed E-state index contributed by atoms with van der Waals surface area (Å²) in [4.78, 5) is 11.7. The molecule has 0 atom stereocenters. The summed E-state index contributed by atoms with van der Waals surface area (Å²) in [6.07, 6.45) is 2.12. The summed E-state index contributed by atoms with van der Waals surface area (Å²) in [6, 6.07) is 7.77. The molecule has 1 rings (SSSR count). The Morgan fingerprint density at radius 1 is 1.06 bits per heavy atom. The number of hydrogen-bond acceptors (Lipinski definition) is 2. The van der Waals surface area contributed by atoms with Crippen LogP contribution < -0.4 is 10.6 Å². The minimum atomic E-state index is 0. The van der Waals surface area contributed by atoms with Crippen molar-refractivity contribution in [2.45, 2.75) is 26.7 Å². The average Bonchev–Trinajstić information content (AvgIpc) is 2.38. The monoisotopic (exact) mass is 270 g/mol. The van der Waals surface area contributed by atoms with Crippen LogP contribution in [0.1, 0.15) is 36.2 Å². The highest BCUT2D eigenvalue weighted by atomic mass is 35.5. The number of halogens is 1. The quantitative estimate of drug-likeness (QED) is 0.747. The number of carbonyl (C=O) groups excluding carboxylic acids is 1. The van der Waals surface area contributed by atoms with Crippen LogP contribution in [0.2, 0.25) is 0 Å². The highest BCUT2D eigenvalue weighted by molar-refractivity contribution is 5.94. The van der Waals surface area contributed by atoms with E-state index in [1.807, 2.05) is 24.3 Å². The molecule has 18 heavy (non-hydrogen) atoms. The van der Waals surface area contributed by atoms with Gasteiger partial charge in [-0.3, -0.25) is 4.79 Å². The number of carbonyl (C=O) groups is 1. The molecular formula is C14H23ClN2O. The van der Waals surface area contributed by atoms with Crippen LogP contribution in [0.25, 0.3) is 0 Å². The molecule has 0 aromatic heterocycles. The Morgan fingerprint density at radius 2 is 1.72 bits per heavy atom. The summed E-state index contributed by atoms with van der Waals surface area (Å²) >= 11 is 0. The van der Waals surface area contributed by atoms with Gasteiger partial charge in [0.25, 0.3) is 5.91 Å². The van der Waals surface area contributed by atoms with E-state index in [1.54, 1.807) is 0 Å². The van der Waals surface area contributed by atoms with Crippen LogP contribution in [0, 0.1) is 0 Å². The molecule has 0 aliphatic heterocycles. The van der Waals surface area contributed by atoms with E-state index in [1.165, 1.54) is 5.56 Å². The lowest BCUT2D eigenvalue weighted by Crippen LogP contribution is -2.32. The Hall–Kier alpha value is -1.06. The fourth-order valence-electron chi connectivity index (χ4n) is 1.56. The van der Waals surface area contributed by atoms with Gasteiger partial charge in [-0.25, -0.2) is 0 Å². The minimum absolute atomic E-state index is 0. The van der Waals surface area contributed by atoms with Crippen LogP contribution in [-0.2, 0) is 6.42 Å². The van der Waals surface area contributed by atoms with Crippen LogP contribution in [0.4, 0.5) is 0 Å². The third-order valence-corrected chi connectivity index (χ3v) is 2.64. The van der Waals surface area contributed by atoms with E-state index in [0.717, 1.165) is 31.5 Å². The molecule has 102 valence electrons. The second-order valence-electron chi connectivity index (χ2n) is 4.06. The molecule has 0 saturated carbocycles. The zero-order valence-corrected chi connectivity index (χ0v) is 12.0. The first-order valence-corrected chi connectivity index (χ1v) is 6.35. The average molecular weight is 271 g/mol. The predicted molar refractivity (Wildman–Crippen MR) is 78.6 cm³/mol.